The normalized spacial score (nSPS) is 26.2. The van der Waals surface area contributed by atoms with Gasteiger partial charge in [-0.05, 0) is 11.8 Å². The number of aliphatic hydroxyl groups is 1. The van der Waals surface area contributed by atoms with E-state index >= 15 is 0 Å². The molecule has 16 heavy (non-hydrogen) atoms. The number of aliphatic hydroxyl groups excluding tert-OH is 1. The number of nitrogens with zero attached hydrogens (tertiary/aromatic N) is 2. The molecule has 1 saturated heterocycles. The molecule has 5 nitrogen and oxygen atoms in total. The summed E-state index contributed by atoms with van der Waals surface area (Å²) in [4.78, 5) is 4.36. The summed E-state index contributed by atoms with van der Waals surface area (Å²) in [5.74, 6) is 1.33. The molecule has 1 fully saturated rings. The van der Waals surface area contributed by atoms with Crippen LogP contribution in [-0.4, -0.2) is 27.9 Å². The highest BCUT2D eigenvalue weighted by molar-refractivity contribution is 4.98. The van der Waals surface area contributed by atoms with Crippen LogP contribution in [0.15, 0.2) is 4.52 Å². The van der Waals surface area contributed by atoms with Crippen molar-refractivity contribution in [2.24, 2.45) is 5.41 Å². The van der Waals surface area contributed by atoms with E-state index in [2.05, 4.69) is 36.2 Å². The average molecular weight is 225 g/mol. The molecule has 0 spiro atoms. The van der Waals surface area contributed by atoms with Crippen LogP contribution >= 0.6 is 0 Å². The van der Waals surface area contributed by atoms with Gasteiger partial charge in [0.1, 0.15) is 0 Å². The minimum Gasteiger partial charge on any atom is -0.392 e. The second-order valence-electron chi connectivity index (χ2n) is 5.64. The molecule has 1 aromatic heterocycles. The van der Waals surface area contributed by atoms with Crippen molar-refractivity contribution in [3.05, 3.63) is 11.7 Å². The summed E-state index contributed by atoms with van der Waals surface area (Å²) >= 11 is 0. The lowest BCUT2D eigenvalue weighted by atomic mass is 9.92. The van der Waals surface area contributed by atoms with Crippen LogP contribution in [0.3, 0.4) is 0 Å². The van der Waals surface area contributed by atoms with Gasteiger partial charge in [-0.2, -0.15) is 4.98 Å². The van der Waals surface area contributed by atoms with Gasteiger partial charge in [-0.25, -0.2) is 0 Å². The third-order valence-corrected chi connectivity index (χ3v) is 2.58. The zero-order valence-corrected chi connectivity index (χ0v) is 10.0. The first-order chi connectivity index (χ1) is 7.44. The number of hydrogen-bond acceptors (Lipinski definition) is 5. The van der Waals surface area contributed by atoms with Gasteiger partial charge in [-0.15, -0.1) is 0 Å². The molecule has 1 aliphatic rings. The third-order valence-electron chi connectivity index (χ3n) is 2.58. The van der Waals surface area contributed by atoms with Crippen molar-refractivity contribution in [2.45, 2.75) is 45.8 Å². The van der Waals surface area contributed by atoms with Gasteiger partial charge in [-0.1, -0.05) is 25.9 Å². The van der Waals surface area contributed by atoms with Crippen LogP contribution in [0.25, 0.3) is 0 Å². The van der Waals surface area contributed by atoms with Crippen molar-refractivity contribution in [1.82, 2.24) is 15.5 Å². The van der Waals surface area contributed by atoms with Gasteiger partial charge in [0.25, 0.3) is 0 Å². The lowest BCUT2D eigenvalue weighted by Crippen LogP contribution is -2.15. The summed E-state index contributed by atoms with van der Waals surface area (Å²) in [6.07, 6.45) is 1.14. The molecule has 0 bridgehead atoms. The number of rotatable bonds is 2. The number of β-amino-alcohol motifs (C(OH)–C–C–N with tert-alkyl or cyclic N) is 1. The molecule has 1 aliphatic heterocycles. The Morgan fingerprint density at radius 1 is 1.50 bits per heavy atom. The summed E-state index contributed by atoms with van der Waals surface area (Å²) in [7, 11) is 0. The SMILES string of the molecule is CC(C)(C)Cc1noc([C@@H]2C[C@H](O)CN2)n1. The fraction of sp³-hybridized carbons (Fsp3) is 0.818. The van der Waals surface area contributed by atoms with Gasteiger partial charge in [0.05, 0.1) is 12.1 Å². The summed E-state index contributed by atoms with van der Waals surface area (Å²) in [5, 5.41) is 16.5. The van der Waals surface area contributed by atoms with Gasteiger partial charge in [-0.3, -0.25) is 0 Å². The molecule has 90 valence electrons. The van der Waals surface area contributed by atoms with E-state index in [9.17, 15) is 5.11 Å². The van der Waals surface area contributed by atoms with E-state index < -0.39 is 0 Å². The predicted molar refractivity (Wildman–Crippen MR) is 58.8 cm³/mol. The summed E-state index contributed by atoms with van der Waals surface area (Å²) in [5.41, 5.74) is 0.157. The van der Waals surface area contributed by atoms with E-state index in [0.717, 1.165) is 12.2 Å². The third kappa shape index (κ3) is 2.80. The van der Waals surface area contributed by atoms with Crippen molar-refractivity contribution >= 4 is 0 Å². The molecule has 0 aromatic carbocycles. The predicted octanol–water partition coefficient (Wildman–Crippen LogP) is 1.05. The monoisotopic (exact) mass is 225 g/mol. The van der Waals surface area contributed by atoms with Crippen LogP contribution in [0.1, 0.15) is 44.9 Å². The van der Waals surface area contributed by atoms with E-state index in [4.69, 9.17) is 4.52 Å². The lowest BCUT2D eigenvalue weighted by molar-refractivity contribution is 0.191. The largest absolute Gasteiger partial charge is 0.392 e. The van der Waals surface area contributed by atoms with E-state index in [1.807, 2.05) is 0 Å². The minimum absolute atomic E-state index is 0.0104. The molecule has 2 heterocycles. The van der Waals surface area contributed by atoms with Crippen molar-refractivity contribution in [3.63, 3.8) is 0 Å². The van der Waals surface area contributed by atoms with Gasteiger partial charge < -0.3 is 14.9 Å². The number of aromatic nitrogens is 2. The molecule has 5 heteroatoms. The first-order valence-corrected chi connectivity index (χ1v) is 5.68. The summed E-state index contributed by atoms with van der Waals surface area (Å²) < 4.78 is 5.21. The Hall–Kier alpha value is -0.940. The van der Waals surface area contributed by atoms with Gasteiger partial charge >= 0.3 is 0 Å². The smallest absolute Gasteiger partial charge is 0.243 e. The Morgan fingerprint density at radius 3 is 2.81 bits per heavy atom. The molecule has 0 radical (unpaired) electrons. The highest BCUT2D eigenvalue weighted by Gasteiger charge is 2.28. The van der Waals surface area contributed by atoms with Crippen molar-refractivity contribution in [3.8, 4) is 0 Å². The molecule has 0 amide bonds. The molecular weight excluding hydrogens is 206 g/mol. The Bertz CT molecular complexity index is 356. The van der Waals surface area contributed by atoms with Crippen molar-refractivity contribution in [1.29, 1.82) is 0 Å². The van der Waals surface area contributed by atoms with E-state index in [-0.39, 0.29) is 17.6 Å². The summed E-state index contributed by atoms with van der Waals surface area (Å²) in [6.45, 7) is 7.02. The van der Waals surface area contributed by atoms with Crippen LogP contribution in [0.2, 0.25) is 0 Å². The molecule has 1 aromatic rings. The Kier molecular flexibility index (Phi) is 2.99. The Morgan fingerprint density at radius 2 is 2.25 bits per heavy atom. The van der Waals surface area contributed by atoms with E-state index in [0.29, 0.717) is 18.9 Å². The van der Waals surface area contributed by atoms with Crippen LogP contribution in [-0.2, 0) is 6.42 Å². The van der Waals surface area contributed by atoms with Gasteiger partial charge in [0, 0.05) is 13.0 Å². The molecule has 0 aliphatic carbocycles. The molecule has 0 unspecified atom stereocenters. The zero-order valence-electron chi connectivity index (χ0n) is 10.0. The van der Waals surface area contributed by atoms with Crippen LogP contribution in [0, 0.1) is 5.41 Å². The van der Waals surface area contributed by atoms with Crippen LogP contribution in [0.5, 0.6) is 0 Å². The molecule has 2 rings (SSSR count). The van der Waals surface area contributed by atoms with E-state index in [1.54, 1.807) is 0 Å². The first kappa shape index (κ1) is 11.5. The molecule has 0 saturated carbocycles. The van der Waals surface area contributed by atoms with Gasteiger partial charge in [0.15, 0.2) is 5.82 Å². The number of hydrogen-bond donors (Lipinski definition) is 2. The molecular formula is C11H19N3O2. The maximum atomic E-state index is 9.40. The Labute approximate surface area is 95.2 Å². The fourth-order valence-corrected chi connectivity index (χ4v) is 1.86. The maximum absolute atomic E-state index is 9.40. The highest BCUT2D eigenvalue weighted by atomic mass is 16.5. The standard InChI is InChI=1S/C11H19N3O2/c1-11(2,3)5-9-13-10(16-14-9)8-4-7(15)6-12-8/h7-8,12,15H,4-6H2,1-3H3/t7-,8-/m0/s1. The fourth-order valence-electron chi connectivity index (χ4n) is 1.86. The van der Waals surface area contributed by atoms with Crippen LogP contribution < -0.4 is 5.32 Å². The minimum atomic E-state index is -0.303. The maximum Gasteiger partial charge on any atom is 0.243 e. The molecule has 2 N–H and O–H groups in total. The van der Waals surface area contributed by atoms with Crippen LogP contribution in [0.4, 0.5) is 0 Å². The van der Waals surface area contributed by atoms with Crippen molar-refractivity contribution in [2.75, 3.05) is 6.54 Å². The highest BCUT2D eigenvalue weighted by Crippen LogP contribution is 2.24. The van der Waals surface area contributed by atoms with Crippen molar-refractivity contribution < 1.29 is 9.63 Å². The second kappa shape index (κ2) is 4.14. The Balaban J connectivity index is 2.02. The first-order valence-electron chi connectivity index (χ1n) is 5.68. The zero-order chi connectivity index (χ0) is 11.8. The quantitative estimate of drug-likeness (QED) is 0.787. The second-order valence-corrected chi connectivity index (χ2v) is 5.64. The van der Waals surface area contributed by atoms with E-state index in [1.165, 1.54) is 0 Å². The molecule has 2 atom stereocenters. The van der Waals surface area contributed by atoms with Gasteiger partial charge in [0.2, 0.25) is 5.89 Å². The summed E-state index contributed by atoms with van der Waals surface area (Å²) in [6, 6.07) is 0.0104. The number of nitrogens with one attached hydrogen (secondary N) is 1. The average Bonchev–Trinajstić information content (AvgIpc) is 2.71. The lowest BCUT2D eigenvalue weighted by Gasteiger charge is -2.14. The topological polar surface area (TPSA) is 71.2 Å².